The van der Waals surface area contributed by atoms with E-state index in [2.05, 4.69) is 15.6 Å². The molecule has 0 spiro atoms. The largest absolute Gasteiger partial charge is 0.324 e. The number of anilines is 1. The van der Waals surface area contributed by atoms with Crippen molar-refractivity contribution in [3.05, 3.63) is 23.0 Å². The van der Waals surface area contributed by atoms with Gasteiger partial charge >= 0.3 is 0 Å². The average Bonchev–Trinajstić information content (AvgIpc) is 2.34. The number of hydrogen-bond donors (Lipinski definition) is 2. The quantitative estimate of drug-likeness (QED) is 0.793. The summed E-state index contributed by atoms with van der Waals surface area (Å²) in [6.07, 6.45) is 1.79. The van der Waals surface area contributed by atoms with Gasteiger partial charge in [-0.3, -0.25) is 4.79 Å². The fraction of sp³-hybridized carbons (Fsp3) is 0.500. The first-order valence-electron chi connectivity index (χ1n) is 5.81. The lowest BCUT2D eigenvalue weighted by atomic mass is 9.97. The van der Waals surface area contributed by atoms with Gasteiger partial charge in [-0.25, -0.2) is 4.98 Å². The summed E-state index contributed by atoms with van der Waals surface area (Å²) in [7, 11) is 0. The molecule has 0 aliphatic carbocycles. The van der Waals surface area contributed by atoms with Gasteiger partial charge in [-0.05, 0) is 45.0 Å². The number of piperidine rings is 1. The Morgan fingerprint density at radius 2 is 2.18 bits per heavy atom. The Morgan fingerprint density at radius 3 is 2.82 bits per heavy atom. The van der Waals surface area contributed by atoms with Gasteiger partial charge in [-0.15, -0.1) is 0 Å². The number of hydrogen-bond acceptors (Lipinski definition) is 3. The predicted octanol–water partition coefficient (Wildman–Crippen LogP) is 1.98. The van der Waals surface area contributed by atoms with Gasteiger partial charge in [-0.2, -0.15) is 0 Å². The second kappa shape index (κ2) is 5.47. The van der Waals surface area contributed by atoms with Crippen LogP contribution in [0, 0.1) is 12.8 Å². The molecule has 0 radical (unpaired) electrons. The molecule has 0 bridgehead atoms. The van der Waals surface area contributed by atoms with E-state index >= 15 is 0 Å². The third kappa shape index (κ3) is 3.17. The number of nitrogens with one attached hydrogen (secondary N) is 2. The highest BCUT2D eigenvalue weighted by Crippen LogP contribution is 2.19. The maximum absolute atomic E-state index is 12.0. The molecule has 4 nitrogen and oxygen atoms in total. The topological polar surface area (TPSA) is 54.0 Å². The van der Waals surface area contributed by atoms with Crippen LogP contribution in [0.1, 0.15) is 18.5 Å². The number of aryl methyl sites for hydroxylation is 1. The molecule has 1 aromatic heterocycles. The summed E-state index contributed by atoms with van der Waals surface area (Å²) < 4.78 is 0. The van der Waals surface area contributed by atoms with E-state index in [0.29, 0.717) is 5.15 Å². The maximum Gasteiger partial charge on any atom is 0.227 e. The summed E-state index contributed by atoms with van der Waals surface area (Å²) in [5.74, 6) is 0.185. The number of carbonyl (C=O) groups excluding carboxylic acids is 1. The third-order valence-corrected chi connectivity index (χ3v) is 3.23. The Kier molecular flexibility index (Phi) is 3.97. The van der Waals surface area contributed by atoms with Crippen LogP contribution >= 0.6 is 11.6 Å². The number of halogens is 1. The summed E-state index contributed by atoms with van der Waals surface area (Å²) in [5, 5.41) is 6.61. The molecular weight excluding hydrogens is 238 g/mol. The van der Waals surface area contributed by atoms with Crippen LogP contribution in [0.4, 0.5) is 5.69 Å². The van der Waals surface area contributed by atoms with E-state index in [1.54, 1.807) is 12.1 Å². The Bertz CT molecular complexity index is 416. The summed E-state index contributed by atoms with van der Waals surface area (Å²) in [5.41, 5.74) is 1.50. The highest BCUT2D eigenvalue weighted by molar-refractivity contribution is 6.29. The zero-order valence-corrected chi connectivity index (χ0v) is 10.5. The van der Waals surface area contributed by atoms with Gasteiger partial charge in [-0.1, -0.05) is 11.6 Å². The standard InChI is InChI=1S/C12H16ClN3O/c1-8-10(2-3-11(13)15-8)16-12(17)9-4-6-14-7-5-9/h2-3,9,14H,4-7H2,1H3,(H,16,17). The predicted molar refractivity (Wildman–Crippen MR) is 68.2 cm³/mol. The Balaban J connectivity index is 2.02. The van der Waals surface area contributed by atoms with E-state index in [1.807, 2.05) is 6.92 Å². The molecule has 1 saturated heterocycles. The lowest BCUT2D eigenvalue weighted by molar-refractivity contribution is -0.120. The molecule has 2 N–H and O–H groups in total. The molecule has 0 saturated carbocycles. The molecule has 1 amide bonds. The normalized spacial score (nSPS) is 16.8. The molecule has 1 aliphatic rings. The summed E-state index contributed by atoms with van der Waals surface area (Å²) in [6.45, 7) is 3.66. The van der Waals surface area contributed by atoms with E-state index in [0.717, 1.165) is 37.3 Å². The van der Waals surface area contributed by atoms with Gasteiger partial charge in [0, 0.05) is 5.92 Å². The smallest absolute Gasteiger partial charge is 0.227 e. The molecule has 0 atom stereocenters. The Hall–Kier alpha value is -1.13. The monoisotopic (exact) mass is 253 g/mol. The van der Waals surface area contributed by atoms with E-state index in [1.165, 1.54) is 0 Å². The number of amides is 1. The first-order valence-corrected chi connectivity index (χ1v) is 6.19. The van der Waals surface area contributed by atoms with Crippen molar-refractivity contribution in [2.45, 2.75) is 19.8 Å². The van der Waals surface area contributed by atoms with Crippen molar-refractivity contribution in [1.29, 1.82) is 0 Å². The van der Waals surface area contributed by atoms with Crippen LogP contribution in [0.15, 0.2) is 12.1 Å². The van der Waals surface area contributed by atoms with Crippen molar-refractivity contribution in [2.24, 2.45) is 5.92 Å². The first-order chi connectivity index (χ1) is 8.16. The van der Waals surface area contributed by atoms with Crippen molar-refractivity contribution < 1.29 is 4.79 Å². The maximum atomic E-state index is 12.0. The number of aromatic nitrogens is 1. The van der Waals surface area contributed by atoms with Gasteiger partial charge in [0.1, 0.15) is 5.15 Å². The van der Waals surface area contributed by atoms with Crippen molar-refractivity contribution in [2.75, 3.05) is 18.4 Å². The van der Waals surface area contributed by atoms with Crippen LogP contribution in [-0.4, -0.2) is 24.0 Å². The van der Waals surface area contributed by atoms with Crippen LogP contribution in [0.5, 0.6) is 0 Å². The molecule has 1 fully saturated rings. The Morgan fingerprint density at radius 1 is 1.47 bits per heavy atom. The molecule has 0 aromatic carbocycles. The van der Waals surface area contributed by atoms with Gasteiger partial charge in [0.05, 0.1) is 11.4 Å². The molecule has 2 heterocycles. The van der Waals surface area contributed by atoms with Gasteiger partial charge in [0.25, 0.3) is 0 Å². The molecule has 2 rings (SSSR count). The van der Waals surface area contributed by atoms with Gasteiger partial charge < -0.3 is 10.6 Å². The SMILES string of the molecule is Cc1nc(Cl)ccc1NC(=O)C1CCNCC1. The van der Waals surface area contributed by atoms with E-state index in [4.69, 9.17) is 11.6 Å². The van der Waals surface area contributed by atoms with Crippen LogP contribution in [-0.2, 0) is 4.79 Å². The second-order valence-corrected chi connectivity index (χ2v) is 4.67. The molecule has 5 heteroatoms. The van der Waals surface area contributed by atoms with Gasteiger partial charge in [0.2, 0.25) is 5.91 Å². The van der Waals surface area contributed by atoms with Crippen molar-refractivity contribution in [1.82, 2.24) is 10.3 Å². The van der Waals surface area contributed by atoms with E-state index < -0.39 is 0 Å². The van der Waals surface area contributed by atoms with Crippen LogP contribution in [0.3, 0.4) is 0 Å². The second-order valence-electron chi connectivity index (χ2n) is 4.28. The van der Waals surface area contributed by atoms with E-state index in [9.17, 15) is 4.79 Å². The average molecular weight is 254 g/mol. The zero-order chi connectivity index (χ0) is 12.3. The third-order valence-electron chi connectivity index (χ3n) is 3.02. The van der Waals surface area contributed by atoms with Crippen LogP contribution < -0.4 is 10.6 Å². The highest BCUT2D eigenvalue weighted by Gasteiger charge is 2.21. The molecule has 92 valence electrons. The van der Waals surface area contributed by atoms with Gasteiger partial charge in [0.15, 0.2) is 0 Å². The number of rotatable bonds is 2. The molecule has 1 aliphatic heterocycles. The summed E-state index contributed by atoms with van der Waals surface area (Å²) in [6, 6.07) is 3.48. The van der Waals surface area contributed by atoms with Crippen molar-refractivity contribution >= 4 is 23.2 Å². The molecular formula is C12H16ClN3O. The van der Waals surface area contributed by atoms with Crippen molar-refractivity contribution in [3.8, 4) is 0 Å². The number of carbonyl (C=O) groups is 1. The Labute approximate surface area is 106 Å². The molecule has 17 heavy (non-hydrogen) atoms. The molecule has 0 unspecified atom stereocenters. The summed E-state index contributed by atoms with van der Waals surface area (Å²) in [4.78, 5) is 16.1. The highest BCUT2D eigenvalue weighted by atomic mass is 35.5. The van der Waals surface area contributed by atoms with Crippen molar-refractivity contribution in [3.63, 3.8) is 0 Å². The number of nitrogens with zero attached hydrogens (tertiary/aromatic N) is 1. The van der Waals surface area contributed by atoms with Crippen LogP contribution in [0.25, 0.3) is 0 Å². The fourth-order valence-electron chi connectivity index (χ4n) is 1.98. The number of pyridine rings is 1. The lowest BCUT2D eigenvalue weighted by Crippen LogP contribution is -2.34. The zero-order valence-electron chi connectivity index (χ0n) is 9.79. The fourth-order valence-corrected chi connectivity index (χ4v) is 2.17. The minimum Gasteiger partial charge on any atom is -0.324 e. The lowest BCUT2D eigenvalue weighted by Gasteiger charge is -2.22. The first kappa shape index (κ1) is 12.3. The summed E-state index contributed by atoms with van der Waals surface area (Å²) >= 11 is 5.77. The minimum absolute atomic E-state index is 0.0822. The van der Waals surface area contributed by atoms with Crippen LogP contribution in [0.2, 0.25) is 5.15 Å². The minimum atomic E-state index is 0.0822. The molecule has 1 aromatic rings. The van der Waals surface area contributed by atoms with E-state index in [-0.39, 0.29) is 11.8 Å².